The van der Waals surface area contributed by atoms with E-state index in [0.29, 0.717) is 41.9 Å². The number of nitrogens with zero attached hydrogens (tertiary/aromatic N) is 6. The van der Waals surface area contributed by atoms with Gasteiger partial charge in [0.1, 0.15) is 10.8 Å². The van der Waals surface area contributed by atoms with Crippen LogP contribution in [0.25, 0.3) is 16.6 Å². The third-order valence-corrected chi connectivity index (χ3v) is 9.71. The summed E-state index contributed by atoms with van der Waals surface area (Å²) < 4.78 is 15.1. The van der Waals surface area contributed by atoms with Gasteiger partial charge in [0.25, 0.3) is 5.56 Å². The Labute approximate surface area is 251 Å². The van der Waals surface area contributed by atoms with Crippen molar-refractivity contribution < 1.29 is 13.8 Å². The van der Waals surface area contributed by atoms with Crippen molar-refractivity contribution in [1.82, 2.24) is 34.9 Å². The number of nitrogens with one attached hydrogen (secondary N) is 2. The lowest BCUT2D eigenvalue weighted by molar-refractivity contribution is -0.127. The quantitative estimate of drug-likeness (QED) is 0.275. The molecule has 13 heteroatoms. The lowest BCUT2D eigenvalue weighted by Crippen LogP contribution is -2.49. The number of piperazine rings is 1. The Kier molecular flexibility index (Phi) is 8.26. The molecule has 2 amide bonds. The summed E-state index contributed by atoms with van der Waals surface area (Å²) in [5.41, 5.74) is 3.36. The first-order valence-corrected chi connectivity index (χ1v) is 15.8. The van der Waals surface area contributed by atoms with Gasteiger partial charge in [0.05, 0.1) is 17.4 Å². The maximum absolute atomic E-state index is 13.5. The molecule has 1 atom stereocenters. The molecule has 2 aromatic carbocycles. The Morgan fingerprint density at radius 2 is 1.86 bits per heavy atom. The summed E-state index contributed by atoms with van der Waals surface area (Å²) in [6, 6.07) is 11.3. The van der Waals surface area contributed by atoms with Gasteiger partial charge in [-0.05, 0) is 56.5 Å². The number of carbonyl (C=O) groups is 2. The third kappa shape index (κ3) is 6.04. The standard InChI is InChI=1S/C30H36N8O4S/c1-20-6-9-25(21(2)17-20)43(42)30-28-32-29(41)23-8-7-22(18-24(23)38(28)34-33-30)36-15-13-35(14-16-36)19-26(39)31-10-4-12-37-11-3-5-27(37)40/h6-9,17-18,34H,3-5,10-16,19H2,1-2H3,(H,31,39). The monoisotopic (exact) mass is 604 g/mol. The highest BCUT2D eigenvalue weighted by molar-refractivity contribution is 7.85. The molecule has 2 fully saturated rings. The number of hydrogen-bond donors (Lipinski definition) is 2. The van der Waals surface area contributed by atoms with E-state index in [2.05, 4.69) is 30.4 Å². The van der Waals surface area contributed by atoms with E-state index in [0.717, 1.165) is 62.4 Å². The van der Waals surface area contributed by atoms with Crippen LogP contribution in [-0.2, 0) is 20.4 Å². The number of anilines is 1. The molecule has 4 heterocycles. The minimum absolute atomic E-state index is 0.00515. The van der Waals surface area contributed by atoms with E-state index < -0.39 is 16.4 Å². The zero-order valence-electron chi connectivity index (χ0n) is 24.5. The molecule has 2 saturated heterocycles. The molecular weight excluding hydrogens is 568 g/mol. The van der Waals surface area contributed by atoms with Gasteiger partial charge in [-0.1, -0.05) is 17.7 Å². The van der Waals surface area contributed by atoms with Crippen molar-refractivity contribution in [2.75, 3.05) is 57.3 Å². The number of likely N-dealkylation sites (tertiary alicyclic amines) is 1. The van der Waals surface area contributed by atoms with Crippen molar-refractivity contribution >= 4 is 44.9 Å². The predicted octanol–water partition coefficient (Wildman–Crippen LogP) is 1.61. The average Bonchev–Trinajstić information content (AvgIpc) is 3.61. The van der Waals surface area contributed by atoms with Crippen molar-refractivity contribution in [3.8, 4) is 0 Å². The molecule has 12 nitrogen and oxygen atoms in total. The predicted molar refractivity (Wildman–Crippen MR) is 164 cm³/mol. The number of amides is 2. The summed E-state index contributed by atoms with van der Waals surface area (Å²) in [6.45, 7) is 9.21. The fraction of sp³-hybridized carbons (Fsp3) is 0.433. The minimum atomic E-state index is -1.61. The Bertz CT molecular complexity index is 1780. The van der Waals surface area contributed by atoms with Crippen molar-refractivity contribution in [3.63, 3.8) is 0 Å². The summed E-state index contributed by atoms with van der Waals surface area (Å²) in [5.74, 6) is 0.206. The van der Waals surface area contributed by atoms with Crippen LogP contribution in [0, 0.1) is 13.8 Å². The van der Waals surface area contributed by atoms with Crippen LogP contribution in [0.4, 0.5) is 5.69 Å². The van der Waals surface area contributed by atoms with E-state index in [1.807, 2.05) is 49.1 Å². The molecular formula is C30H36N8O4S. The van der Waals surface area contributed by atoms with Crippen LogP contribution in [0.3, 0.4) is 0 Å². The number of aromatic nitrogens is 4. The molecule has 226 valence electrons. The largest absolute Gasteiger partial charge is 0.369 e. The number of carbonyl (C=O) groups excluding carboxylic acids is 2. The zero-order chi connectivity index (χ0) is 30.1. The Morgan fingerprint density at radius 3 is 2.60 bits per heavy atom. The van der Waals surface area contributed by atoms with Crippen molar-refractivity contribution in [2.45, 2.75) is 43.0 Å². The highest BCUT2D eigenvalue weighted by atomic mass is 32.2. The van der Waals surface area contributed by atoms with Crippen molar-refractivity contribution in [2.24, 2.45) is 0 Å². The molecule has 2 N–H and O–H groups in total. The van der Waals surface area contributed by atoms with Crippen molar-refractivity contribution in [3.05, 3.63) is 57.9 Å². The van der Waals surface area contributed by atoms with Crippen LogP contribution >= 0.6 is 0 Å². The zero-order valence-corrected chi connectivity index (χ0v) is 25.3. The third-order valence-electron chi connectivity index (χ3n) is 8.22. The lowest BCUT2D eigenvalue weighted by atomic mass is 10.2. The van der Waals surface area contributed by atoms with Crippen LogP contribution in [0.1, 0.15) is 30.4 Å². The molecule has 0 radical (unpaired) electrons. The first-order valence-electron chi connectivity index (χ1n) is 14.7. The molecule has 6 rings (SSSR count). The molecule has 1 unspecified atom stereocenters. The first kappa shape index (κ1) is 29.0. The number of H-pyrrole nitrogens is 1. The van der Waals surface area contributed by atoms with Crippen LogP contribution in [0.15, 0.2) is 51.1 Å². The SMILES string of the molecule is Cc1ccc(S(=O)c2n[nH]n3c2nc(=O)c2ccc(N4CCN(CC(=O)NCCCN5CCCC5=O)CC4)cc23)c(C)c1. The summed E-state index contributed by atoms with van der Waals surface area (Å²) in [5, 5.41) is 10.9. The minimum Gasteiger partial charge on any atom is -0.369 e. The van der Waals surface area contributed by atoms with E-state index in [4.69, 9.17) is 0 Å². The van der Waals surface area contributed by atoms with E-state index in [1.54, 1.807) is 10.6 Å². The number of rotatable bonds is 9. The number of hydrogen-bond acceptors (Lipinski definition) is 8. The van der Waals surface area contributed by atoms with E-state index in [-0.39, 0.29) is 22.5 Å². The lowest BCUT2D eigenvalue weighted by Gasteiger charge is -2.35. The fourth-order valence-corrected chi connectivity index (χ4v) is 7.07. The van der Waals surface area contributed by atoms with Gasteiger partial charge in [-0.3, -0.25) is 19.3 Å². The van der Waals surface area contributed by atoms with Crippen LogP contribution < -0.4 is 15.8 Å². The summed E-state index contributed by atoms with van der Waals surface area (Å²) in [4.78, 5) is 48.3. The van der Waals surface area contributed by atoms with Crippen LogP contribution in [0.5, 0.6) is 0 Å². The van der Waals surface area contributed by atoms with Gasteiger partial charge in [-0.2, -0.15) is 4.98 Å². The van der Waals surface area contributed by atoms with Gasteiger partial charge in [0, 0.05) is 62.8 Å². The fourth-order valence-electron chi connectivity index (χ4n) is 5.89. The van der Waals surface area contributed by atoms with Crippen LogP contribution in [-0.4, -0.2) is 98.0 Å². The Hall–Kier alpha value is -4.10. The van der Waals surface area contributed by atoms with Gasteiger partial charge in [0.15, 0.2) is 10.7 Å². The second-order valence-electron chi connectivity index (χ2n) is 11.3. The topological polar surface area (TPSA) is 136 Å². The molecule has 0 spiro atoms. The number of aryl methyl sites for hydroxylation is 2. The van der Waals surface area contributed by atoms with Crippen molar-refractivity contribution in [1.29, 1.82) is 0 Å². The Balaban J connectivity index is 1.11. The van der Waals surface area contributed by atoms with Crippen LogP contribution in [0.2, 0.25) is 0 Å². The number of benzene rings is 2. The molecule has 2 aliphatic rings. The van der Waals surface area contributed by atoms with E-state index >= 15 is 0 Å². The highest BCUT2D eigenvalue weighted by Crippen LogP contribution is 2.25. The number of aromatic amines is 1. The van der Waals surface area contributed by atoms with Gasteiger partial charge in [0.2, 0.25) is 11.8 Å². The van der Waals surface area contributed by atoms with Gasteiger partial charge < -0.3 is 15.1 Å². The smallest absolute Gasteiger partial charge is 0.281 e. The maximum atomic E-state index is 13.5. The van der Waals surface area contributed by atoms with E-state index in [9.17, 15) is 18.6 Å². The maximum Gasteiger partial charge on any atom is 0.281 e. The van der Waals surface area contributed by atoms with Gasteiger partial charge in [-0.15, -0.1) is 5.10 Å². The Morgan fingerprint density at radius 1 is 1.05 bits per heavy atom. The normalized spacial score (nSPS) is 16.8. The molecule has 0 saturated carbocycles. The summed E-state index contributed by atoms with van der Waals surface area (Å²) in [7, 11) is -1.61. The molecule has 0 aliphatic carbocycles. The molecule has 2 aromatic heterocycles. The molecule has 4 aromatic rings. The second-order valence-corrected chi connectivity index (χ2v) is 12.6. The highest BCUT2D eigenvalue weighted by Gasteiger charge is 2.23. The van der Waals surface area contributed by atoms with Gasteiger partial charge in [-0.25, -0.2) is 13.9 Å². The molecule has 2 aliphatic heterocycles. The van der Waals surface area contributed by atoms with Gasteiger partial charge >= 0.3 is 0 Å². The second kappa shape index (κ2) is 12.3. The number of fused-ring (bicyclic) bond motifs is 3. The van der Waals surface area contributed by atoms with E-state index in [1.165, 1.54) is 0 Å². The summed E-state index contributed by atoms with van der Waals surface area (Å²) >= 11 is 0. The first-order chi connectivity index (χ1) is 20.8. The molecule has 43 heavy (non-hydrogen) atoms. The summed E-state index contributed by atoms with van der Waals surface area (Å²) in [6.07, 6.45) is 2.33. The average molecular weight is 605 g/mol. The molecule has 0 bridgehead atoms.